The molecule has 1 aromatic heterocycles. The lowest BCUT2D eigenvalue weighted by Crippen LogP contribution is -2.19. The summed E-state index contributed by atoms with van der Waals surface area (Å²) in [6.07, 6.45) is 0. The van der Waals surface area contributed by atoms with Crippen molar-refractivity contribution < 1.29 is 19.1 Å². The van der Waals surface area contributed by atoms with E-state index in [9.17, 15) is 9.59 Å². The number of amides is 2. The molecule has 0 atom stereocenters. The number of carbonyl (C=O) groups excluding carboxylic acids is 2. The Kier molecular flexibility index (Phi) is 7.59. The topological polar surface area (TPSA) is 81.6 Å². The average molecular weight is 486 g/mol. The quantitative estimate of drug-likeness (QED) is 0.293. The largest absolute Gasteiger partial charge is 0.492 e. The monoisotopic (exact) mass is 485 g/mol. The number of nitrogens with zero attached hydrogens (tertiary/aromatic N) is 1. The Morgan fingerprint density at radius 2 is 1.33 bits per heavy atom. The highest BCUT2D eigenvalue weighted by Crippen LogP contribution is 2.38. The molecule has 0 saturated carbocycles. The van der Waals surface area contributed by atoms with Crippen molar-refractivity contribution in [3.63, 3.8) is 0 Å². The molecule has 0 aliphatic rings. The van der Waals surface area contributed by atoms with Crippen molar-refractivity contribution in [1.29, 1.82) is 0 Å². The van der Waals surface area contributed by atoms with Crippen LogP contribution in [-0.4, -0.2) is 29.6 Å². The number of aryl methyl sites for hydroxylation is 2. The van der Waals surface area contributed by atoms with Crippen molar-refractivity contribution in [2.24, 2.45) is 0 Å². The molecule has 0 bridgehead atoms. The van der Waals surface area contributed by atoms with Crippen LogP contribution in [0.2, 0.25) is 0 Å². The van der Waals surface area contributed by atoms with Gasteiger partial charge < -0.3 is 24.7 Å². The minimum absolute atomic E-state index is 0.241. The first-order valence-corrected chi connectivity index (χ1v) is 12.2. The molecule has 0 saturated heterocycles. The molecule has 2 N–H and O–H groups in total. The van der Waals surface area contributed by atoms with E-state index in [-0.39, 0.29) is 11.8 Å². The van der Waals surface area contributed by atoms with Crippen molar-refractivity contribution >= 4 is 34.1 Å². The van der Waals surface area contributed by atoms with Gasteiger partial charge in [0.15, 0.2) is 0 Å². The molecule has 3 aromatic carbocycles. The summed E-state index contributed by atoms with van der Waals surface area (Å²) in [6.45, 7) is 9.14. The maximum absolute atomic E-state index is 13.6. The van der Waals surface area contributed by atoms with Crippen LogP contribution in [0, 0.1) is 6.92 Å². The average Bonchev–Trinajstić information content (AvgIpc) is 3.18. The number of fused-ring (bicyclic) bond motifs is 1. The van der Waals surface area contributed by atoms with E-state index in [1.165, 1.54) is 0 Å². The Morgan fingerprint density at radius 3 is 1.92 bits per heavy atom. The molecule has 36 heavy (non-hydrogen) atoms. The summed E-state index contributed by atoms with van der Waals surface area (Å²) in [5, 5.41) is 6.97. The molecule has 0 fully saturated rings. The zero-order chi connectivity index (χ0) is 25.7. The molecule has 7 heteroatoms. The molecular weight excluding hydrogens is 454 g/mol. The van der Waals surface area contributed by atoms with Crippen LogP contribution < -0.4 is 20.1 Å². The standard InChI is InChI=1S/C29H31N3O4/c1-5-32-24-16-12-11-15-21(24)19(4)27(32)29(34)31-23-18-25(35-6-2)22(17-26(23)36-7-3)30-28(33)20-13-9-8-10-14-20/h8-18H,5-7H2,1-4H3,(H,30,33)(H,31,34). The lowest BCUT2D eigenvalue weighted by Gasteiger charge is -2.18. The van der Waals surface area contributed by atoms with Crippen molar-refractivity contribution in [1.82, 2.24) is 4.57 Å². The second-order valence-electron chi connectivity index (χ2n) is 8.22. The summed E-state index contributed by atoms with van der Waals surface area (Å²) in [5.74, 6) is 0.372. The lowest BCUT2D eigenvalue weighted by molar-refractivity contribution is 0.101. The summed E-state index contributed by atoms with van der Waals surface area (Å²) in [4.78, 5) is 26.4. The Hall–Kier alpha value is -4.26. The predicted molar refractivity (Wildman–Crippen MR) is 143 cm³/mol. The molecule has 2 amide bonds. The summed E-state index contributed by atoms with van der Waals surface area (Å²) < 4.78 is 13.7. The SMILES string of the molecule is CCOc1cc(NC(=O)c2c(C)c3ccccc3n2CC)c(OCC)cc1NC(=O)c1ccccc1. The van der Waals surface area contributed by atoms with E-state index in [1.807, 2.05) is 62.6 Å². The first kappa shape index (κ1) is 24.9. The third-order valence-electron chi connectivity index (χ3n) is 5.97. The zero-order valence-electron chi connectivity index (χ0n) is 21.1. The number of aromatic nitrogens is 1. The highest BCUT2D eigenvalue weighted by molar-refractivity contribution is 6.10. The van der Waals surface area contributed by atoms with Crippen LogP contribution in [0.1, 0.15) is 47.2 Å². The van der Waals surface area contributed by atoms with Crippen LogP contribution in [0.5, 0.6) is 11.5 Å². The van der Waals surface area contributed by atoms with Gasteiger partial charge >= 0.3 is 0 Å². The molecule has 0 unspecified atom stereocenters. The van der Waals surface area contributed by atoms with Crippen molar-refractivity contribution in [3.05, 3.63) is 83.6 Å². The number of rotatable bonds is 9. The number of hydrogen-bond donors (Lipinski definition) is 2. The molecule has 4 aromatic rings. The van der Waals surface area contributed by atoms with E-state index in [4.69, 9.17) is 9.47 Å². The number of carbonyl (C=O) groups is 2. The van der Waals surface area contributed by atoms with Gasteiger partial charge in [-0.05, 0) is 51.5 Å². The molecule has 186 valence electrons. The normalized spacial score (nSPS) is 10.8. The zero-order valence-corrected chi connectivity index (χ0v) is 21.1. The Balaban J connectivity index is 1.71. The van der Waals surface area contributed by atoms with Gasteiger partial charge in [0, 0.05) is 35.1 Å². The van der Waals surface area contributed by atoms with Crippen molar-refractivity contribution in [2.45, 2.75) is 34.2 Å². The molecule has 7 nitrogen and oxygen atoms in total. The van der Waals surface area contributed by atoms with Gasteiger partial charge in [-0.25, -0.2) is 0 Å². The van der Waals surface area contributed by atoms with E-state index in [1.54, 1.807) is 36.4 Å². The van der Waals surface area contributed by atoms with Crippen LogP contribution in [0.3, 0.4) is 0 Å². The van der Waals surface area contributed by atoms with Gasteiger partial charge in [-0.2, -0.15) is 0 Å². The van der Waals surface area contributed by atoms with Gasteiger partial charge in [0.1, 0.15) is 17.2 Å². The number of benzene rings is 3. The molecule has 1 heterocycles. The third-order valence-corrected chi connectivity index (χ3v) is 5.97. The number of anilines is 2. The minimum Gasteiger partial charge on any atom is -0.492 e. The van der Waals surface area contributed by atoms with E-state index < -0.39 is 0 Å². The Labute approximate surface area is 211 Å². The van der Waals surface area contributed by atoms with Gasteiger partial charge in [-0.3, -0.25) is 9.59 Å². The molecule has 0 aliphatic carbocycles. The summed E-state index contributed by atoms with van der Waals surface area (Å²) in [6, 6.07) is 20.3. The summed E-state index contributed by atoms with van der Waals surface area (Å²) >= 11 is 0. The molecular formula is C29H31N3O4. The first-order chi connectivity index (χ1) is 17.5. The van der Waals surface area contributed by atoms with E-state index in [0.717, 1.165) is 16.5 Å². The number of ether oxygens (including phenoxy) is 2. The fourth-order valence-corrected chi connectivity index (χ4v) is 4.37. The second-order valence-corrected chi connectivity index (χ2v) is 8.22. The van der Waals surface area contributed by atoms with Gasteiger partial charge in [-0.15, -0.1) is 0 Å². The maximum Gasteiger partial charge on any atom is 0.272 e. The predicted octanol–water partition coefficient (Wildman–Crippen LogP) is 6.27. The van der Waals surface area contributed by atoms with Crippen LogP contribution in [0.25, 0.3) is 10.9 Å². The van der Waals surface area contributed by atoms with E-state index in [0.29, 0.717) is 53.9 Å². The van der Waals surface area contributed by atoms with Gasteiger partial charge in [0.25, 0.3) is 11.8 Å². The second kappa shape index (κ2) is 11.0. The number of hydrogen-bond acceptors (Lipinski definition) is 4. The van der Waals surface area contributed by atoms with E-state index in [2.05, 4.69) is 10.6 Å². The molecule has 0 spiro atoms. The van der Waals surface area contributed by atoms with E-state index >= 15 is 0 Å². The van der Waals surface area contributed by atoms with Crippen LogP contribution in [0.4, 0.5) is 11.4 Å². The fraction of sp³-hybridized carbons (Fsp3) is 0.241. The first-order valence-electron chi connectivity index (χ1n) is 12.2. The molecule has 0 radical (unpaired) electrons. The summed E-state index contributed by atoms with van der Waals surface area (Å²) in [7, 11) is 0. The smallest absolute Gasteiger partial charge is 0.272 e. The minimum atomic E-state index is -0.265. The number of para-hydroxylation sites is 1. The van der Waals surface area contributed by atoms with Crippen LogP contribution in [0.15, 0.2) is 66.7 Å². The van der Waals surface area contributed by atoms with Gasteiger partial charge in [0.05, 0.1) is 24.6 Å². The van der Waals surface area contributed by atoms with Crippen molar-refractivity contribution in [2.75, 3.05) is 23.8 Å². The highest BCUT2D eigenvalue weighted by Gasteiger charge is 2.22. The van der Waals surface area contributed by atoms with Gasteiger partial charge in [-0.1, -0.05) is 36.4 Å². The molecule has 0 aliphatic heterocycles. The third kappa shape index (κ3) is 4.91. The highest BCUT2D eigenvalue weighted by atomic mass is 16.5. The summed E-state index contributed by atoms with van der Waals surface area (Å²) in [5.41, 5.74) is 3.99. The maximum atomic E-state index is 13.6. The van der Waals surface area contributed by atoms with Gasteiger partial charge in [0.2, 0.25) is 0 Å². The van der Waals surface area contributed by atoms with Crippen LogP contribution >= 0.6 is 0 Å². The number of nitrogens with one attached hydrogen (secondary N) is 2. The Morgan fingerprint density at radius 1 is 0.778 bits per heavy atom. The fourth-order valence-electron chi connectivity index (χ4n) is 4.37. The van der Waals surface area contributed by atoms with Crippen LogP contribution in [-0.2, 0) is 6.54 Å². The molecule has 4 rings (SSSR count). The van der Waals surface area contributed by atoms with Crippen molar-refractivity contribution in [3.8, 4) is 11.5 Å². The Bertz CT molecular complexity index is 1390. The lowest BCUT2D eigenvalue weighted by atomic mass is 10.1.